The molecule has 4 rings (SSSR count). The van der Waals surface area contributed by atoms with Crippen molar-refractivity contribution in [2.45, 2.75) is 48.7 Å². The van der Waals surface area contributed by atoms with E-state index in [1.165, 1.54) is 0 Å². The minimum atomic E-state index is -3.75. The molecule has 0 aromatic carbocycles. The van der Waals surface area contributed by atoms with Gasteiger partial charge >= 0.3 is 23.2 Å². The average Bonchev–Trinajstić information content (AvgIpc) is 3.17. The van der Waals surface area contributed by atoms with Crippen LogP contribution in [-0.2, 0) is 9.47 Å². The summed E-state index contributed by atoms with van der Waals surface area (Å²) in [5.41, 5.74) is 2.39. The van der Waals surface area contributed by atoms with Gasteiger partial charge in [0.1, 0.15) is 18.0 Å². The van der Waals surface area contributed by atoms with E-state index in [1.54, 1.807) is 4.98 Å². The van der Waals surface area contributed by atoms with Crippen molar-refractivity contribution < 1.29 is 47.5 Å². The molecule has 2 saturated heterocycles. The molecule has 2 aliphatic heterocycles. The Morgan fingerprint density at radius 1 is 0.917 bits per heavy atom. The summed E-state index contributed by atoms with van der Waals surface area (Å²) in [5, 5.41) is 36.2. The molecule has 0 radical (unpaired) electrons. The summed E-state index contributed by atoms with van der Waals surface area (Å²) in [5.74, 6) is -7.58. The number of hydrogen-bond donors (Lipinski definition) is 6. The fourth-order valence-electron chi connectivity index (χ4n) is 3.45. The predicted molar refractivity (Wildman–Crippen MR) is 108 cm³/mol. The van der Waals surface area contributed by atoms with E-state index >= 15 is 0 Å². The lowest BCUT2D eigenvalue weighted by molar-refractivity contribution is -0.141. The number of nitrogens with zero attached hydrogens (tertiary/aromatic N) is 3. The average molecular weight is 527 g/mol. The van der Waals surface area contributed by atoms with Crippen molar-refractivity contribution >= 4 is 5.82 Å². The van der Waals surface area contributed by atoms with Crippen LogP contribution < -0.4 is 22.7 Å². The minimum Gasteiger partial charge on any atom is -0.394 e. The Labute approximate surface area is 196 Å². The first-order valence-electron chi connectivity index (χ1n) is 10.1. The fourth-order valence-corrected chi connectivity index (χ4v) is 3.45. The largest absolute Gasteiger partial charge is 0.394 e. The van der Waals surface area contributed by atoms with Gasteiger partial charge in [0, 0.05) is 18.5 Å². The third-order valence-corrected chi connectivity index (χ3v) is 5.33. The first-order chi connectivity index (χ1) is 16.7. The van der Waals surface area contributed by atoms with Crippen LogP contribution in [0.4, 0.5) is 23.4 Å². The first-order valence-corrected chi connectivity index (χ1v) is 10.1. The number of aromatic amines is 1. The molecule has 0 spiro atoms. The van der Waals surface area contributed by atoms with Crippen LogP contribution in [0.3, 0.4) is 0 Å². The van der Waals surface area contributed by atoms with Crippen molar-refractivity contribution in [3.8, 4) is 0 Å². The Morgan fingerprint density at radius 3 is 1.81 bits per heavy atom. The van der Waals surface area contributed by atoms with Crippen molar-refractivity contribution in [1.82, 2.24) is 19.1 Å². The highest BCUT2D eigenvalue weighted by Crippen LogP contribution is 2.42. The summed E-state index contributed by atoms with van der Waals surface area (Å²) < 4.78 is 65.2. The van der Waals surface area contributed by atoms with Crippen LogP contribution in [-0.4, -0.2) is 89.0 Å². The number of aromatic nitrogens is 4. The van der Waals surface area contributed by atoms with Gasteiger partial charge in [-0.3, -0.25) is 18.9 Å². The maximum Gasteiger partial charge on any atom is 0.351 e. The Morgan fingerprint density at radius 2 is 1.39 bits per heavy atom. The van der Waals surface area contributed by atoms with Crippen molar-refractivity contribution in [1.29, 1.82) is 0 Å². The number of ether oxygens (including phenoxy) is 2. The molecule has 4 heterocycles. The van der Waals surface area contributed by atoms with Gasteiger partial charge in [-0.15, -0.1) is 0 Å². The summed E-state index contributed by atoms with van der Waals surface area (Å²) >= 11 is 0. The highest BCUT2D eigenvalue weighted by Gasteiger charge is 2.60. The lowest BCUT2D eigenvalue weighted by Gasteiger charge is -2.20. The monoisotopic (exact) mass is 527 g/mol. The van der Waals surface area contributed by atoms with E-state index in [1.807, 2.05) is 0 Å². The number of nitrogen functional groups attached to an aromatic ring is 1. The summed E-state index contributed by atoms with van der Waals surface area (Å²) in [4.78, 5) is 38.7. The number of rotatable bonds is 4. The lowest BCUT2D eigenvalue weighted by atomic mass is 10.1. The molecule has 200 valence electrons. The molecule has 2 aliphatic rings. The van der Waals surface area contributed by atoms with E-state index in [2.05, 4.69) is 4.98 Å². The second kappa shape index (κ2) is 10.1. The summed E-state index contributed by atoms with van der Waals surface area (Å²) in [6, 6.07) is 2.03. The summed E-state index contributed by atoms with van der Waals surface area (Å²) in [7, 11) is 0. The molecule has 0 amide bonds. The molecule has 14 nitrogen and oxygen atoms in total. The molecule has 18 heteroatoms. The topological polar surface area (TPSA) is 215 Å². The van der Waals surface area contributed by atoms with Crippen LogP contribution in [0.15, 0.2) is 38.9 Å². The Kier molecular flexibility index (Phi) is 7.67. The van der Waals surface area contributed by atoms with Gasteiger partial charge in [0.05, 0.1) is 13.2 Å². The summed E-state index contributed by atoms with van der Waals surface area (Å²) in [6.07, 6.45) is -9.65. The van der Waals surface area contributed by atoms with E-state index in [4.69, 9.17) is 25.4 Å². The Balaban J connectivity index is 0.000000201. The third-order valence-electron chi connectivity index (χ3n) is 5.33. The van der Waals surface area contributed by atoms with Crippen molar-refractivity contribution in [3.05, 3.63) is 55.8 Å². The molecule has 6 atom stereocenters. The molecule has 2 aromatic heterocycles. The molecule has 36 heavy (non-hydrogen) atoms. The predicted octanol–water partition coefficient (Wildman–Crippen LogP) is -2.87. The van der Waals surface area contributed by atoms with Gasteiger partial charge in [-0.05, 0) is 6.07 Å². The number of alkyl halides is 4. The maximum absolute atomic E-state index is 13.7. The number of aliphatic hydroxyl groups is 4. The number of nitrogens with one attached hydrogen (secondary N) is 1. The fraction of sp³-hybridized carbons (Fsp3) is 0.556. The maximum atomic E-state index is 13.7. The number of H-pyrrole nitrogens is 1. The first kappa shape index (κ1) is 27.4. The summed E-state index contributed by atoms with van der Waals surface area (Å²) in [6.45, 7) is -1.60. The molecule has 7 N–H and O–H groups in total. The zero-order chi connectivity index (χ0) is 27.0. The minimum absolute atomic E-state index is 0.114. The van der Waals surface area contributed by atoms with Gasteiger partial charge in [-0.1, -0.05) is 0 Å². The lowest BCUT2D eigenvalue weighted by Crippen LogP contribution is -2.42. The highest BCUT2D eigenvalue weighted by molar-refractivity contribution is 5.23. The molecule has 2 aromatic rings. The molecular formula is C18H21F4N5O9. The van der Waals surface area contributed by atoms with Gasteiger partial charge in [0.25, 0.3) is 5.56 Å². The number of aliphatic hydroxyl groups excluding tert-OH is 4. The van der Waals surface area contributed by atoms with Crippen LogP contribution in [0, 0.1) is 0 Å². The quantitative estimate of drug-likeness (QED) is 0.222. The molecular weight excluding hydrogens is 506 g/mol. The van der Waals surface area contributed by atoms with Crippen LogP contribution in [0.2, 0.25) is 0 Å². The van der Waals surface area contributed by atoms with Crippen LogP contribution in [0.1, 0.15) is 12.5 Å². The van der Waals surface area contributed by atoms with Gasteiger partial charge in [-0.2, -0.15) is 22.5 Å². The SMILES string of the molecule is Nc1ccn([C@@H]2O[C@H](CO)[C@@H](O)C2(F)F)c(=O)n1.O=c1ccn([C@@H]2O[C@H](CO)[C@@H](O)C2(F)F)c(=O)[nH]1. The third kappa shape index (κ3) is 4.90. The van der Waals surface area contributed by atoms with Crippen LogP contribution in [0.25, 0.3) is 0 Å². The van der Waals surface area contributed by atoms with Gasteiger partial charge in [0.2, 0.25) is 12.5 Å². The molecule has 0 aliphatic carbocycles. The number of nitrogens with two attached hydrogens (primary N) is 1. The zero-order valence-corrected chi connectivity index (χ0v) is 17.9. The molecule has 0 unspecified atom stereocenters. The Hall–Kier alpha value is -3.16. The molecule has 2 fully saturated rings. The number of halogens is 4. The Bertz CT molecular complexity index is 1250. The molecule has 0 saturated carbocycles. The van der Waals surface area contributed by atoms with E-state index < -0.39 is 78.9 Å². The van der Waals surface area contributed by atoms with Gasteiger partial charge in [0.15, 0.2) is 12.2 Å². The normalized spacial score (nSPS) is 30.6. The van der Waals surface area contributed by atoms with E-state index in [0.29, 0.717) is 9.13 Å². The van der Waals surface area contributed by atoms with Gasteiger partial charge in [-0.25, -0.2) is 9.59 Å². The number of anilines is 1. The van der Waals surface area contributed by atoms with Crippen molar-refractivity contribution in [2.75, 3.05) is 18.9 Å². The zero-order valence-electron chi connectivity index (χ0n) is 17.9. The highest BCUT2D eigenvalue weighted by atomic mass is 19.3. The second-order valence-electron chi connectivity index (χ2n) is 7.72. The smallest absolute Gasteiger partial charge is 0.351 e. The van der Waals surface area contributed by atoms with E-state index in [-0.39, 0.29) is 5.82 Å². The van der Waals surface area contributed by atoms with Crippen molar-refractivity contribution in [3.63, 3.8) is 0 Å². The number of hydrogen-bond acceptors (Lipinski definition) is 11. The second-order valence-corrected chi connectivity index (χ2v) is 7.72. The molecule has 0 bridgehead atoms. The van der Waals surface area contributed by atoms with Crippen molar-refractivity contribution in [2.24, 2.45) is 0 Å². The van der Waals surface area contributed by atoms with E-state index in [0.717, 1.165) is 24.5 Å². The van der Waals surface area contributed by atoms with E-state index in [9.17, 15) is 42.2 Å². The van der Waals surface area contributed by atoms with Crippen LogP contribution >= 0.6 is 0 Å². The van der Waals surface area contributed by atoms with Crippen LogP contribution in [0.5, 0.6) is 0 Å². The standard InChI is InChI=1S/C9H11F2N3O4.C9H10F2N2O5/c10-9(11)6(16)4(3-15)18-7(9)14-2-1-5(12)13-8(14)17;10-9(11)6(16)4(3-14)18-7(9)13-2-1-5(15)12-8(13)17/h1-2,4,6-7,15-16H,3H2,(H2,12,13,17);1-2,4,6-7,14,16H,3H2,(H,12,15,17)/t2*4-,6-,7-/m11/s1. The van der Waals surface area contributed by atoms with Gasteiger partial charge < -0.3 is 35.6 Å².